The van der Waals surface area contributed by atoms with Gasteiger partial charge in [-0.15, -0.1) is 0 Å². The third kappa shape index (κ3) is 4.91. The fraction of sp³-hybridized carbons (Fsp3) is 0.250. The molecule has 4 nitrogen and oxygen atoms in total. The third-order valence-corrected chi connectivity index (χ3v) is 4.85. The Balaban J connectivity index is 1.12. The van der Waals surface area contributed by atoms with Gasteiger partial charge in [0.05, 0.1) is 13.2 Å². The number of nitrogens with zero attached hydrogens (tertiary/aromatic N) is 2. The molecule has 2 aromatic heterocycles. The standard InChI is InChI=1S/C24H26N2O2/c1-3-7-23-19-25(11-9-21(23)5-1)13-15-27-17-18-28-16-14-26-12-10-22-6-2-4-8-24(22)20-26/h1-12,19-20H,13-18H2/q+2. The molecule has 0 unspecified atom stereocenters. The van der Waals surface area contributed by atoms with Crippen molar-refractivity contribution < 1.29 is 18.6 Å². The fourth-order valence-electron chi connectivity index (χ4n) is 3.30. The largest absolute Gasteiger partial charge is 0.372 e. The first-order valence-corrected chi connectivity index (χ1v) is 9.80. The van der Waals surface area contributed by atoms with Crippen molar-refractivity contribution in [2.45, 2.75) is 13.1 Å². The number of aromatic nitrogens is 2. The monoisotopic (exact) mass is 374 g/mol. The van der Waals surface area contributed by atoms with E-state index in [0.717, 1.165) is 13.1 Å². The van der Waals surface area contributed by atoms with Gasteiger partial charge in [-0.3, -0.25) is 0 Å². The zero-order valence-corrected chi connectivity index (χ0v) is 16.0. The van der Waals surface area contributed by atoms with Gasteiger partial charge in [0.2, 0.25) is 0 Å². The summed E-state index contributed by atoms with van der Waals surface area (Å²) in [6.45, 7) is 4.31. The van der Waals surface area contributed by atoms with Crippen molar-refractivity contribution in [3.05, 3.63) is 85.5 Å². The predicted molar refractivity (Wildman–Crippen MR) is 110 cm³/mol. The van der Waals surface area contributed by atoms with Gasteiger partial charge in [-0.1, -0.05) is 36.4 Å². The molecule has 4 rings (SSSR count). The summed E-state index contributed by atoms with van der Waals surface area (Å²) in [5.74, 6) is 0. The SMILES string of the molecule is c1ccc2c[n+](CCOCCOCC[n+]3ccc4ccccc4c3)ccc2c1. The fourth-order valence-corrected chi connectivity index (χ4v) is 3.30. The number of hydrogen-bond donors (Lipinski definition) is 0. The Kier molecular flexibility index (Phi) is 6.22. The molecule has 0 aliphatic heterocycles. The second kappa shape index (κ2) is 9.40. The Labute approximate surface area is 165 Å². The van der Waals surface area contributed by atoms with Crippen LogP contribution in [0.1, 0.15) is 0 Å². The number of hydrogen-bond acceptors (Lipinski definition) is 2. The topological polar surface area (TPSA) is 26.2 Å². The Morgan fingerprint density at radius 2 is 0.929 bits per heavy atom. The molecule has 0 radical (unpaired) electrons. The van der Waals surface area contributed by atoms with Crippen LogP contribution in [0.25, 0.3) is 21.5 Å². The highest BCUT2D eigenvalue weighted by Gasteiger charge is 2.04. The predicted octanol–water partition coefficient (Wildman–Crippen LogP) is 3.30. The van der Waals surface area contributed by atoms with Crippen LogP contribution in [-0.4, -0.2) is 26.4 Å². The van der Waals surface area contributed by atoms with E-state index < -0.39 is 0 Å². The number of pyridine rings is 2. The van der Waals surface area contributed by atoms with Gasteiger partial charge in [0, 0.05) is 22.9 Å². The van der Waals surface area contributed by atoms with Crippen LogP contribution in [0.15, 0.2) is 85.5 Å². The van der Waals surface area contributed by atoms with Gasteiger partial charge in [0.25, 0.3) is 0 Å². The number of rotatable bonds is 9. The summed E-state index contributed by atoms with van der Waals surface area (Å²) in [6, 6.07) is 21.1. The average Bonchev–Trinajstić information content (AvgIpc) is 2.75. The van der Waals surface area contributed by atoms with Gasteiger partial charge in [0.1, 0.15) is 13.2 Å². The average molecular weight is 374 g/mol. The van der Waals surface area contributed by atoms with Crippen LogP contribution in [0.2, 0.25) is 0 Å². The van der Waals surface area contributed by atoms with E-state index in [9.17, 15) is 0 Å². The summed E-state index contributed by atoms with van der Waals surface area (Å²) < 4.78 is 15.7. The molecule has 0 spiro atoms. The summed E-state index contributed by atoms with van der Waals surface area (Å²) in [4.78, 5) is 0. The molecule has 0 amide bonds. The van der Waals surface area contributed by atoms with Gasteiger partial charge >= 0.3 is 0 Å². The molecule has 4 heteroatoms. The maximum Gasteiger partial charge on any atom is 0.176 e. The lowest BCUT2D eigenvalue weighted by atomic mass is 10.2. The van der Waals surface area contributed by atoms with E-state index >= 15 is 0 Å². The van der Waals surface area contributed by atoms with Crippen LogP contribution >= 0.6 is 0 Å². The number of benzene rings is 2. The summed E-state index contributed by atoms with van der Waals surface area (Å²) >= 11 is 0. The van der Waals surface area contributed by atoms with Crippen molar-refractivity contribution in [3.63, 3.8) is 0 Å². The zero-order chi connectivity index (χ0) is 19.0. The molecule has 0 aliphatic rings. The first-order chi connectivity index (χ1) is 13.9. The van der Waals surface area contributed by atoms with Crippen LogP contribution < -0.4 is 9.13 Å². The molecule has 0 atom stereocenters. The molecule has 28 heavy (non-hydrogen) atoms. The van der Waals surface area contributed by atoms with Crippen LogP contribution in [0.5, 0.6) is 0 Å². The third-order valence-electron chi connectivity index (χ3n) is 4.85. The summed E-state index contributed by atoms with van der Waals surface area (Å²) in [5.41, 5.74) is 0. The molecule has 4 aromatic rings. The maximum atomic E-state index is 5.71. The van der Waals surface area contributed by atoms with Gasteiger partial charge in [-0.2, -0.15) is 0 Å². The van der Waals surface area contributed by atoms with Crippen molar-refractivity contribution in [1.29, 1.82) is 0 Å². The van der Waals surface area contributed by atoms with E-state index in [0.29, 0.717) is 26.4 Å². The Hall–Kier alpha value is -2.82. The van der Waals surface area contributed by atoms with Crippen molar-refractivity contribution in [3.8, 4) is 0 Å². The van der Waals surface area contributed by atoms with E-state index in [-0.39, 0.29) is 0 Å². The lowest BCUT2D eigenvalue weighted by Gasteiger charge is -2.04. The molecule has 0 N–H and O–H groups in total. The minimum atomic E-state index is 0.622. The van der Waals surface area contributed by atoms with Crippen LogP contribution in [0, 0.1) is 0 Å². The normalized spacial score (nSPS) is 11.3. The molecule has 0 bridgehead atoms. The highest BCUT2D eigenvalue weighted by molar-refractivity contribution is 5.80. The zero-order valence-electron chi connectivity index (χ0n) is 16.0. The van der Waals surface area contributed by atoms with Crippen molar-refractivity contribution in [2.24, 2.45) is 0 Å². The Morgan fingerprint density at radius 1 is 0.500 bits per heavy atom. The van der Waals surface area contributed by atoms with Crippen molar-refractivity contribution in [1.82, 2.24) is 0 Å². The van der Waals surface area contributed by atoms with E-state index in [1.807, 2.05) is 0 Å². The molecular weight excluding hydrogens is 348 g/mol. The smallest absolute Gasteiger partial charge is 0.176 e. The summed E-state index contributed by atoms with van der Waals surface area (Å²) in [7, 11) is 0. The number of fused-ring (bicyclic) bond motifs is 2. The molecular formula is C24H26N2O2+2. The second-order valence-electron chi connectivity index (χ2n) is 6.85. The first-order valence-electron chi connectivity index (χ1n) is 9.80. The van der Waals surface area contributed by atoms with Gasteiger partial charge < -0.3 is 9.47 Å². The molecule has 142 valence electrons. The molecule has 2 heterocycles. The van der Waals surface area contributed by atoms with Gasteiger partial charge in [-0.05, 0) is 22.9 Å². The lowest BCUT2D eigenvalue weighted by molar-refractivity contribution is -0.697. The van der Waals surface area contributed by atoms with E-state index in [1.54, 1.807) is 0 Å². The minimum Gasteiger partial charge on any atom is -0.372 e. The van der Waals surface area contributed by atoms with Gasteiger partial charge in [-0.25, -0.2) is 9.13 Å². The van der Waals surface area contributed by atoms with E-state index in [4.69, 9.17) is 9.47 Å². The quantitative estimate of drug-likeness (QED) is 0.332. The van der Waals surface area contributed by atoms with Crippen molar-refractivity contribution in [2.75, 3.05) is 26.4 Å². The highest BCUT2D eigenvalue weighted by atomic mass is 16.5. The maximum absolute atomic E-state index is 5.71. The van der Waals surface area contributed by atoms with E-state index in [2.05, 4.69) is 94.6 Å². The highest BCUT2D eigenvalue weighted by Crippen LogP contribution is 2.10. The van der Waals surface area contributed by atoms with Crippen LogP contribution in [0.4, 0.5) is 0 Å². The summed E-state index contributed by atoms with van der Waals surface area (Å²) in [5, 5.41) is 5.02. The second-order valence-corrected chi connectivity index (χ2v) is 6.85. The summed E-state index contributed by atoms with van der Waals surface area (Å²) in [6.07, 6.45) is 8.53. The molecule has 0 saturated heterocycles. The van der Waals surface area contributed by atoms with Crippen LogP contribution in [-0.2, 0) is 22.6 Å². The van der Waals surface area contributed by atoms with Crippen LogP contribution in [0.3, 0.4) is 0 Å². The Bertz CT molecular complexity index is 963. The molecule has 0 saturated carbocycles. The first kappa shape index (κ1) is 18.5. The molecule has 2 aromatic carbocycles. The van der Waals surface area contributed by atoms with E-state index in [1.165, 1.54) is 21.5 Å². The number of ether oxygens (including phenoxy) is 2. The van der Waals surface area contributed by atoms with Crippen molar-refractivity contribution >= 4 is 21.5 Å². The van der Waals surface area contributed by atoms with Gasteiger partial charge in [0.15, 0.2) is 37.9 Å². The minimum absolute atomic E-state index is 0.622. The molecule has 0 aliphatic carbocycles. The lowest BCUT2D eigenvalue weighted by Crippen LogP contribution is -2.36. The molecule has 0 fully saturated rings. The Morgan fingerprint density at radius 3 is 1.39 bits per heavy atom.